The number of nitrogens with zero attached hydrogens (tertiary/aromatic N) is 7. The maximum absolute atomic E-state index is 13.9. The summed E-state index contributed by atoms with van der Waals surface area (Å²) in [4.78, 5) is 41.6. The minimum atomic E-state index is -2.32. The van der Waals surface area contributed by atoms with E-state index in [2.05, 4.69) is 26.8 Å². The highest BCUT2D eigenvalue weighted by molar-refractivity contribution is 5.80. The molecule has 0 radical (unpaired) electrons. The number of piperidine rings is 1. The van der Waals surface area contributed by atoms with Gasteiger partial charge in [0.15, 0.2) is 11.2 Å². The Morgan fingerprint density at radius 3 is 2.80 bits per heavy atom. The van der Waals surface area contributed by atoms with Crippen LogP contribution in [0.25, 0.3) is 22.1 Å². The molecular formula is C25H28N8O2. The molecule has 1 fully saturated rings. The summed E-state index contributed by atoms with van der Waals surface area (Å²) in [6.45, 7) is -1.33. The van der Waals surface area contributed by atoms with E-state index in [0.717, 1.165) is 14.9 Å². The summed E-state index contributed by atoms with van der Waals surface area (Å²) >= 11 is 0. The molecule has 0 unspecified atom stereocenters. The van der Waals surface area contributed by atoms with Gasteiger partial charge in [-0.25, -0.2) is 14.8 Å². The Labute approximate surface area is 207 Å². The van der Waals surface area contributed by atoms with Gasteiger partial charge in [-0.3, -0.25) is 18.5 Å². The summed E-state index contributed by atoms with van der Waals surface area (Å²) in [7, 11) is 1.45. The molecule has 0 bridgehead atoms. The van der Waals surface area contributed by atoms with Gasteiger partial charge in [-0.1, -0.05) is 24.1 Å². The number of aromatic nitrogens is 6. The molecule has 5 rings (SSSR count). The molecule has 10 nitrogen and oxygen atoms in total. The maximum atomic E-state index is 13.9. The van der Waals surface area contributed by atoms with Crippen LogP contribution in [0.15, 0.2) is 33.9 Å². The molecule has 180 valence electrons. The molecule has 0 aliphatic carbocycles. The van der Waals surface area contributed by atoms with Crippen LogP contribution in [-0.2, 0) is 20.1 Å². The van der Waals surface area contributed by atoms with Gasteiger partial charge in [0.2, 0.25) is 5.95 Å². The number of aryl methyl sites for hydroxylation is 2. The lowest BCUT2D eigenvalue weighted by Crippen LogP contribution is -2.44. The zero-order chi connectivity index (χ0) is 28.3. The molecule has 1 aromatic carbocycles. The Morgan fingerprint density at radius 1 is 1.20 bits per heavy atom. The van der Waals surface area contributed by atoms with Crippen LogP contribution in [0.5, 0.6) is 0 Å². The van der Waals surface area contributed by atoms with Gasteiger partial charge < -0.3 is 10.6 Å². The minimum Gasteiger partial charge on any atom is -0.341 e. The number of nitrogens with two attached hydrogens (primary N) is 1. The van der Waals surface area contributed by atoms with Crippen LogP contribution in [0.3, 0.4) is 0 Å². The molecule has 0 spiro atoms. The first kappa shape index (κ1) is 18.4. The summed E-state index contributed by atoms with van der Waals surface area (Å²) < 4.78 is 37.9. The second kappa shape index (κ2) is 9.00. The van der Waals surface area contributed by atoms with Crippen molar-refractivity contribution < 1.29 is 5.48 Å². The van der Waals surface area contributed by atoms with Crippen molar-refractivity contribution >= 4 is 28.0 Å². The Morgan fingerprint density at radius 2 is 2.00 bits per heavy atom. The Bertz CT molecular complexity index is 1800. The molecule has 2 N–H and O–H groups in total. The number of rotatable bonds is 4. The molecule has 4 heterocycles. The van der Waals surface area contributed by atoms with E-state index in [4.69, 9.17) is 11.2 Å². The molecule has 3 aromatic heterocycles. The van der Waals surface area contributed by atoms with Gasteiger partial charge in [-0.15, -0.1) is 5.92 Å². The summed E-state index contributed by atoms with van der Waals surface area (Å²) in [6.07, 6.45) is 0.0834. The molecule has 0 amide bonds. The molecular weight excluding hydrogens is 444 g/mol. The van der Waals surface area contributed by atoms with E-state index in [1.54, 1.807) is 6.92 Å². The zero-order valence-corrected chi connectivity index (χ0v) is 19.7. The summed E-state index contributed by atoms with van der Waals surface area (Å²) in [5.74, 6) is 5.71. The van der Waals surface area contributed by atoms with Crippen molar-refractivity contribution in [2.45, 2.75) is 45.8 Å². The predicted molar refractivity (Wildman–Crippen MR) is 135 cm³/mol. The normalized spacial score (nSPS) is 20.6. The maximum Gasteiger partial charge on any atom is 0.332 e. The van der Waals surface area contributed by atoms with Crippen LogP contribution >= 0.6 is 0 Å². The molecule has 1 aliphatic heterocycles. The van der Waals surface area contributed by atoms with Crippen molar-refractivity contribution in [1.29, 1.82) is 0 Å². The highest BCUT2D eigenvalue weighted by atomic mass is 16.2. The third-order valence-electron chi connectivity index (χ3n) is 5.99. The Balaban J connectivity index is 1.76. The summed E-state index contributed by atoms with van der Waals surface area (Å²) in [5.41, 5.74) is 6.07. The van der Waals surface area contributed by atoms with Crippen molar-refractivity contribution in [3.8, 4) is 11.8 Å². The summed E-state index contributed by atoms with van der Waals surface area (Å²) in [5, 5.41) is 0.862. The Kier molecular flexibility index (Phi) is 4.72. The smallest absolute Gasteiger partial charge is 0.332 e. The monoisotopic (exact) mass is 476 g/mol. The van der Waals surface area contributed by atoms with E-state index >= 15 is 0 Å². The van der Waals surface area contributed by atoms with Crippen molar-refractivity contribution in [2.75, 3.05) is 17.9 Å². The highest BCUT2D eigenvalue weighted by Gasteiger charge is 2.26. The number of para-hydroxylation sites is 1. The van der Waals surface area contributed by atoms with Crippen LogP contribution < -0.4 is 21.9 Å². The third-order valence-corrected chi connectivity index (χ3v) is 5.99. The first-order chi connectivity index (χ1) is 18.4. The molecule has 1 aliphatic rings. The average Bonchev–Trinajstić information content (AvgIpc) is 3.25. The van der Waals surface area contributed by atoms with Crippen molar-refractivity contribution in [2.24, 2.45) is 12.8 Å². The molecule has 4 aromatic rings. The average molecular weight is 477 g/mol. The van der Waals surface area contributed by atoms with Gasteiger partial charge in [0.25, 0.3) is 5.56 Å². The predicted octanol–water partition coefficient (Wildman–Crippen LogP) is 1.15. The quantitative estimate of drug-likeness (QED) is 0.439. The largest absolute Gasteiger partial charge is 0.341 e. The summed E-state index contributed by atoms with van der Waals surface area (Å²) in [6, 6.07) is 6.44. The lowest BCUT2D eigenvalue weighted by molar-refractivity contribution is 0.496. The first-order valence-electron chi connectivity index (χ1n) is 13.3. The van der Waals surface area contributed by atoms with Gasteiger partial charge in [-0.05, 0) is 32.8 Å². The minimum absolute atomic E-state index is 0.0156. The van der Waals surface area contributed by atoms with Crippen molar-refractivity contribution in [3.63, 3.8) is 0 Å². The van der Waals surface area contributed by atoms with E-state index in [-0.39, 0.29) is 48.9 Å². The molecule has 1 saturated heterocycles. The Hall–Kier alpha value is -3.97. The first-order valence-corrected chi connectivity index (χ1v) is 11.3. The lowest BCUT2D eigenvalue weighted by Gasteiger charge is -2.31. The fraction of sp³-hybridized carbons (Fsp3) is 0.400. The fourth-order valence-electron chi connectivity index (χ4n) is 4.22. The topological polar surface area (TPSA) is 117 Å². The van der Waals surface area contributed by atoms with Gasteiger partial charge in [0.05, 0.1) is 21.3 Å². The van der Waals surface area contributed by atoms with Crippen LogP contribution in [0.4, 0.5) is 5.95 Å². The van der Waals surface area contributed by atoms with Crippen LogP contribution in [0.1, 0.15) is 36.8 Å². The molecule has 35 heavy (non-hydrogen) atoms. The third kappa shape index (κ3) is 3.98. The second-order valence-corrected chi connectivity index (χ2v) is 8.34. The van der Waals surface area contributed by atoms with E-state index in [1.807, 2.05) is 31.2 Å². The molecule has 0 saturated carbocycles. The zero-order valence-electron chi connectivity index (χ0n) is 23.7. The SMILES string of the molecule is [2H]C1([2H])CC[C@@H](N)C([2H])([2H])N1c1nc2c(c(=O)n(Cc3nc(C)c4ccccc4n3)c(=O)n2C)n1CC#CC. The fourth-order valence-corrected chi connectivity index (χ4v) is 4.22. The van der Waals surface area contributed by atoms with E-state index in [1.165, 1.54) is 16.2 Å². The van der Waals surface area contributed by atoms with E-state index < -0.39 is 30.3 Å². The van der Waals surface area contributed by atoms with Crippen LogP contribution in [0.2, 0.25) is 0 Å². The number of anilines is 1. The number of benzene rings is 1. The van der Waals surface area contributed by atoms with Crippen LogP contribution in [0, 0.1) is 18.8 Å². The lowest BCUT2D eigenvalue weighted by atomic mass is 10.1. The second-order valence-electron chi connectivity index (χ2n) is 8.34. The number of imidazole rings is 1. The van der Waals surface area contributed by atoms with Crippen molar-refractivity contribution in [1.82, 2.24) is 28.7 Å². The van der Waals surface area contributed by atoms with Gasteiger partial charge in [0, 0.05) is 39.9 Å². The number of fused-ring (bicyclic) bond motifs is 2. The molecule has 1 atom stereocenters. The molecule has 10 heteroatoms. The van der Waals surface area contributed by atoms with Gasteiger partial charge >= 0.3 is 5.69 Å². The van der Waals surface area contributed by atoms with Crippen molar-refractivity contribution in [3.05, 3.63) is 56.6 Å². The van der Waals surface area contributed by atoms with E-state index in [9.17, 15) is 9.59 Å². The standard InChI is InChI=1S/C25H28N8O2/c1-4-5-13-32-21-22(29-24(32)31-12-8-9-17(26)14-31)30(3)25(35)33(23(21)34)15-20-27-16(2)18-10-6-7-11-19(18)28-20/h6-7,10-11,17H,8-9,12-15,26H2,1-3H3/t17-/m1/s1/i12D2,14D2. The van der Waals surface area contributed by atoms with Crippen LogP contribution in [-0.4, -0.2) is 47.7 Å². The van der Waals surface area contributed by atoms with E-state index in [0.29, 0.717) is 11.2 Å². The highest BCUT2D eigenvalue weighted by Crippen LogP contribution is 2.23. The van der Waals surface area contributed by atoms with Gasteiger partial charge in [0.1, 0.15) is 5.82 Å². The number of hydrogen-bond acceptors (Lipinski definition) is 7. The van der Waals surface area contributed by atoms with Gasteiger partial charge in [-0.2, -0.15) is 4.98 Å². The number of hydrogen-bond donors (Lipinski definition) is 1.